The summed E-state index contributed by atoms with van der Waals surface area (Å²) in [7, 11) is -2.56. The molecule has 1 aromatic rings. The van der Waals surface area contributed by atoms with Gasteiger partial charge in [-0.2, -0.15) is 0 Å². The molecule has 0 aromatic heterocycles. The number of rotatable bonds is 5. The van der Waals surface area contributed by atoms with Crippen molar-refractivity contribution in [2.45, 2.75) is 79.1 Å². The van der Waals surface area contributed by atoms with E-state index < -0.39 is 7.37 Å². The van der Waals surface area contributed by atoms with Gasteiger partial charge < -0.3 is 4.52 Å². The van der Waals surface area contributed by atoms with E-state index in [4.69, 9.17) is 4.52 Å². The highest BCUT2D eigenvalue weighted by Crippen LogP contribution is 2.55. The van der Waals surface area contributed by atoms with Crippen molar-refractivity contribution < 1.29 is 9.09 Å². The Labute approximate surface area is 148 Å². The van der Waals surface area contributed by atoms with E-state index in [-0.39, 0.29) is 0 Å². The SMILES string of the molecule is CC1CCCP(=O)(Oc2c(C(C)C)cc(C(C)C)cc2C(C)C)C1. The molecule has 1 aromatic carbocycles. The van der Waals surface area contributed by atoms with Gasteiger partial charge in [-0.1, -0.05) is 60.6 Å². The molecule has 0 bridgehead atoms. The number of hydrogen-bond donors (Lipinski definition) is 0. The van der Waals surface area contributed by atoms with E-state index in [1.54, 1.807) is 0 Å². The maximum absolute atomic E-state index is 13.4. The molecule has 0 saturated carbocycles. The molecule has 0 amide bonds. The summed E-state index contributed by atoms with van der Waals surface area (Å²) in [5.74, 6) is 2.64. The highest BCUT2D eigenvalue weighted by atomic mass is 31.2. The summed E-state index contributed by atoms with van der Waals surface area (Å²) in [4.78, 5) is 0. The summed E-state index contributed by atoms with van der Waals surface area (Å²) in [6.07, 6.45) is 3.66. The van der Waals surface area contributed by atoms with Crippen LogP contribution in [-0.2, 0) is 4.57 Å². The van der Waals surface area contributed by atoms with Crippen LogP contribution in [-0.4, -0.2) is 12.3 Å². The molecule has 24 heavy (non-hydrogen) atoms. The first-order chi connectivity index (χ1) is 11.1. The molecule has 0 radical (unpaired) electrons. The van der Waals surface area contributed by atoms with Gasteiger partial charge in [-0.05, 0) is 53.2 Å². The van der Waals surface area contributed by atoms with Crippen LogP contribution < -0.4 is 4.52 Å². The Kier molecular flexibility index (Phi) is 6.24. The molecule has 3 heteroatoms. The largest absolute Gasteiger partial charge is 0.442 e. The van der Waals surface area contributed by atoms with E-state index in [0.717, 1.165) is 24.5 Å². The Hall–Kier alpha value is -0.750. The van der Waals surface area contributed by atoms with E-state index >= 15 is 0 Å². The van der Waals surface area contributed by atoms with Gasteiger partial charge in [0.15, 0.2) is 0 Å². The van der Waals surface area contributed by atoms with Gasteiger partial charge >= 0.3 is 0 Å². The van der Waals surface area contributed by atoms with Crippen LogP contribution in [0.3, 0.4) is 0 Å². The molecule has 1 aliphatic rings. The molecule has 0 spiro atoms. The smallest absolute Gasteiger partial charge is 0.248 e. The monoisotopic (exact) mass is 350 g/mol. The van der Waals surface area contributed by atoms with E-state index in [1.165, 1.54) is 23.1 Å². The van der Waals surface area contributed by atoms with Crippen LogP contribution in [0.25, 0.3) is 0 Å². The Morgan fingerprint density at radius 2 is 1.54 bits per heavy atom. The van der Waals surface area contributed by atoms with Gasteiger partial charge in [0.1, 0.15) is 5.75 Å². The molecule has 2 atom stereocenters. The van der Waals surface area contributed by atoms with Crippen molar-refractivity contribution in [3.05, 3.63) is 28.8 Å². The predicted octanol–water partition coefficient (Wildman–Crippen LogP) is 7.14. The van der Waals surface area contributed by atoms with Crippen LogP contribution in [0.5, 0.6) is 5.75 Å². The van der Waals surface area contributed by atoms with Crippen molar-refractivity contribution in [2.24, 2.45) is 5.92 Å². The van der Waals surface area contributed by atoms with E-state index in [1.807, 2.05) is 0 Å². The van der Waals surface area contributed by atoms with E-state index in [0.29, 0.717) is 23.7 Å². The van der Waals surface area contributed by atoms with Gasteiger partial charge in [-0.15, -0.1) is 0 Å². The summed E-state index contributed by atoms with van der Waals surface area (Å²) in [6.45, 7) is 15.5. The average molecular weight is 350 g/mol. The van der Waals surface area contributed by atoms with Crippen LogP contribution in [0.4, 0.5) is 0 Å². The molecular formula is C21H35O2P. The number of hydrogen-bond acceptors (Lipinski definition) is 2. The van der Waals surface area contributed by atoms with Crippen molar-refractivity contribution in [2.75, 3.05) is 12.3 Å². The summed E-state index contributed by atoms with van der Waals surface area (Å²) < 4.78 is 19.7. The second kappa shape index (κ2) is 7.65. The zero-order valence-corrected chi connectivity index (χ0v) is 17.5. The lowest BCUT2D eigenvalue weighted by atomic mass is 9.88. The van der Waals surface area contributed by atoms with Crippen LogP contribution >= 0.6 is 7.37 Å². The van der Waals surface area contributed by atoms with Gasteiger partial charge in [0.25, 0.3) is 0 Å². The summed E-state index contributed by atoms with van der Waals surface area (Å²) in [5, 5.41) is 0. The standard InChI is InChI=1S/C21H35O2P/c1-14(2)18-11-19(15(3)4)21(20(12-18)16(5)6)23-24(22)10-8-9-17(7)13-24/h11-12,14-17H,8-10,13H2,1-7H3. The summed E-state index contributed by atoms with van der Waals surface area (Å²) in [6, 6.07) is 4.55. The molecule has 0 N–H and O–H groups in total. The maximum Gasteiger partial charge on any atom is 0.248 e. The fourth-order valence-electron chi connectivity index (χ4n) is 3.58. The fraction of sp³-hybridized carbons (Fsp3) is 0.714. The van der Waals surface area contributed by atoms with Gasteiger partial charge in [0.05, 0.1) is 0 Å². The fourth-order valence-corrected chi connectivity index (χ4v) is 6.27. The minimum Gasteiger partial charge on any atom is -0.442 e. The van der Waals surface area contributed by atoms with E-state index in [2.05, 4.69) is 60.6 Å². The first-order valence-electron chi connectivity index (χ1n) is 9.58. The molecule has 2 rings (SSSR count). The minimum absolute atomic E-state index is 0.366. The normalized spacial score (nSPS) is 24.8. The maximum atomic E-state index is 13.4. The van der Waals surface area contributed by atoms with Gasteiger partial charge in [-0.3, -0.25) is 4.57 Å². The Bertz CT molecular complexity index is 587. The Morgan fingerprint density at radius 1 is 1.00 bits per heavy atom. The third-order valence-electron chi connectivity index (χ3n) is 5.12. The zero-order valence-electron chi connectivity index (χ0n) is 16.6. The highest BCUT2D eigenvalue weighted by molar-refractivity contribution is 7.59. The highest BCUT2D eigenvalue weighted by Gasteiger charge is 2.33. The first-order valence-corrected chi connectivity index (χ1v) is 11.6. The van der Waals surface area contributed by atoms with Crippen molar-refractivity contribution in [1.29, 1.82) is 0 Å². The lowest BCUT2D eigenvalue weighted by molar-refractivity contribution is 0.433. The second-order valence-electron chi connectivity index (χ2n) is 8.55. The molecule has 1 aliphatic heterocycles. The van der Waals surface area contributed by atoms with Crippen LogP contribution in [0.1, 0.15) is 95.8 Å². The quantitative estimate of drug-likeness (QED) is 0.527. The van der Waals surface area contributed by atoms with Gasteiger partial charge in [-0.25, -0.2) is 0 Å². The van der Waals surface area contributed by atoms with Crippen molar-refractivity contribution in [1.82, 2.24) is 0 Å². The van der Waals surface area contributed by atoms with Gasteiger partial charge in [0, 0.05) is 12.3 Å². The molecule has 1 heterocycles. The zero-order chi connectivity index (χ0) is 18.1. The molecule has 2 nitrogen and oxygen atoms in total. The first kappa shape index (κ1) is 19.6. The van der Waals surface area contributed by atoms with Crippen molar-refractivity contribution in [3.63, 3.8) is 0 Å². The molecule has 2 unspecified atom stereocenters. The second-order valence-corrected chi connectivity index (χ2v) is 11.2. The Morgan fingerprint density at radius 3 is 1.96 bits per heavy atom. The van der Waals surface area contributed by atoms with Crippen molar-refractivity contribution >= 4 is 7.37 Å². The van der Waals surface area contributed by atoms with Crippen LogP contribution in [0.2, 0.25) is 0 Å². The lowest BCUT2D eigenvalue weighted by Gasteiger charge is -2.31. The minimum atomic E-state index is -2.56. The van der Waals surface area contributed by atoms with Gasteiger partial charge in [0.2, 0.25) is 7.37 Å². The summed E-state index contributed by atoms with van der Waals surface area (Å²) >= 11 is 0. The third kappa shape index (κ3) is 4.45. The van der Waals surface area contributed by atoms with E-state index in [9.17, 15) is 4.57 Å². The molecular weight excluding hydrogens is 315 g/mol. The average Bonchev–Trinajstić information content (AvgIpc) is 2.45. The molecule has 1 saturated heterocycles. The van der Waals surface area contributed by atoms with Crippen LogP contribution in [0.15, 0.2) is 12.1 Å². The molecule has 0 aliphatic carbocycles. The lowest BCUT2D eigenvalue weighted by Crippen LogP contribution is -2.17. The summed E-state index contributed by atoms with van der Waals surface area (Å²) in [5.41, 5.74) is 3.79. The molecule has 136 valence electrons. The third-order valence-corrected chi connectivity index (χ3v) is 7.82. The predicted molar refractivity (Wildman–Crippen MR) is 105 cm³/mol. The number of benzene rings is 1. The Balaban J connectivity index is 2.52. The van der Waals surface area contributed by atoms with Crippen LogP contribution in [0, 0.1) is 5.92 Å². The van der Waals surface area contributed by atoms with Crippen molar-refractivity contribution in [3.8, 4) is 5.75 Å². The molecule has 1 fully saturated rings. The topological polar surface area (TPSA) is 26.3 Å².